The number of hydrogen-bond acceptors (Lipinski definition) is 18. The fourth-order valence-corrected chi connectivity index (χ4v) is 4.79. The SMILES string of the molecule is O=C(O)CCC(NCCNCCNCCNCCO[C@H]1O[C@H](CO)[C@@H](O)[C@H](O)[C@@H]1O)C(=O)NCCO[C@H]1O[C@H](CO)[C@@H](O)[C@H](O)[C@@H]1O. The smallest absolute Gasteiger partial charge is 0.303 e. The van der Waals surface area contributed by atoms with E-state index in [1.165, 1.54) is 0 Å². The van der Waals surface area contributed by atoms with Crippen molar-refractivity contribution in [3.8, 4) is 0 Å². The van der Waals surface area contributed by atoms with Crippen LogP contribution in [0.2, 0.25) is 0 Å². The lowest BCUT2D eigenvalue weighted by molar-refractivity contribution is -0.300. The highest BCUT2D eigenvalue weighted by Gasteiger charge is 2.45. The molecule has 0 aromatic carbocycles. The second-order valence-corrected chi connectivity index (χ2v) is 11.1. The number of carbonyl (C=O) groups excluding carboxylic acids is 1. The van der Waals surface area contributed by atoms with E-state index < -0.39 is 92.5 Å². The van der Waals surface area contributed by atoms with Crippen LogP contribution < -0.4 is 26.6 Å². The molecule has 2 saturated heterocycles. The highest BCUT2D eigenvalue weighted by Crippen LogP contribution is 2.22. The fourth-order valence-electron chi connectivity index (χ4n) is 4.79. The monoisotopic (exact) mass is 687 g/mol. The Balaban J connectivity index is 1.52. The molecule has 2 aliphatic heterocycles. The van der Waals surface area contributed by atoms with E-state index in [0.717, 1.165) is 0 Å². The normalized spacial score (nSPS) is 31.8. The van der Waals surface area contributed by atoms with E-state index in [1.807, 2.05) is 0 Å². The van der Waals surface area contributed by atoms with Gasteiger partial charge in [-0.3, -0.25) is 9.59 Å². The number of ether oxygens (including phenoxy) is 4. The molecule has 2 fully saturated rings. The summed E-state index contributed by atoms with van der Waals surface area (Å²) in [6, 6.07) is -0.783. The summed E-state index contributed by atoms with van der Waals surface area (Å²) in [6.45, 7) is 2.78. The summed E-state index contributed by atoms with van der Waals surface area (Å²) in [5.41, 5.74) is 0. The molecular formula is C27H53N5O15. The van der Waals surface area contributed by atoms with Gasteiger partial charge in [0.1, 0.15) is 48.8 Å². The molecule has 20 nitrogen and oxygen atoms in total. The van der Waals surface area contributed by atoms with Gasteiger partial charge < -0.3 is 91.5 Å². The second kappa shape index (κ2) is 22.8. The van der Waals surface area contributed by atoms with Crippen LogP contribution in [0.15, 0.2) is 0 Å². The van der Waals surface area contributed by atoms with Gasteiger partial charge >= 0.3 is 5.97 Å². The number of aliphatic hydroxyl groups is 8. The maximum absolute atomic E-state index is 12.6. The molecule has 2 aliphatic rings. The van der Waals surface area contributed by atoms with Gasteiger partial charge in [-0.1, -0.05) is 0 Å². The zero-order chi connectivity index (χ0) is 34.8. The van der Waals surface area contributed by atoms with Crippen molar-refractivity contribution < 1.29 is 74.5 Å². The first-order valence-electron chi connectivity index (χ1n) is 15.7. The van der Waals surface area contributed by atoms with Crippen molar-refractivity contribution in [1.29, 1.82) is 0 Å². The molecule has 1 amide bonds. The Hall–Kier alpha value is -1.70. The Morgan fingerprint density at radius 1 is 0.617 bits per heavy atom. The topological polar surface area (TPSA) is 313 Å². The lowest BCUT2D eigenvalue weighted by Gasteiger charge is -2.39. The third-order valence-corrected chi connectivity index (χ3v) is 7.55. The number of carboxylic acids is 1. The van der Waals surface area contributed by atoms with E-state index in [-0.39, 0.29) is 32.6 Å². The first-order chi connectivity index (χ1) is 22.5. The van der Waals surface area contributed by atoms with Gasteiger partial charge in [0.2, 0.25) is 5.91 Å². The van der Waals surface area contributed by atoms with Gasteiger partial charge in [-0.05, 0) is 6.42 Å². The molecule has 0 bridgehead atoms. The predicted molar refractivity (Wildman–Crippen MR) is 160 cm³/mol. The molecular weight excluding hydrogens is 634 g/mol. The molecule has 2 rings (SSSR count). The van der Waals surface area contributed by atoms with Gasteiger partial charge in [-0.2, -0.15) is 0 Å². The van der Waals surface area contributed by atoms with Crippen LogP contribution in [0.3, 0.4) is 0 Å². The Morgan fingerprint density at radius 2 is 1.06 bits per heavy atom. The number of aliphatic hydroxyl groups excluding tert-OH is 8. The quantitative estimate of drug-likeness (QED) is 0.0419. The fraction of sp³-hybridized carbons (Fsp3) is 0.926. The number of hydrogen-bond donors (Lipinski definition) is 14. The minimum atomic E-state index is -1.58. The van der Waals surface area contributed by atoms with Gasteiger partial charge in [-0.15, -0.1) is 0 Å². The lowest BCUT2D eigenvalue weighted by Crippen LogP contribution is -2.59. The minimum Gasteiger partial charge on any atom is -0.481 e. The number of nitrogens with one attached hydrogen (secondary N) is 5. The summed E-state index contributed by atoms with van der Waals surface area (Å²) < 4.78 is 21.3. The molecule has 0 spiro atoms. The summed E-state index contributed by atoms with van der Waals surface area (Å²) >= 11 is 0. The van der Waals surface area contributed by atoms with Crippen LogP contribution in [0, 0.1) is 0 Å². The van der Waals surface area contributed by atoms with Crippen molar-refractivity contribution in [2.45, 2.75) is 80.3 Å². The zero-order valence-corrected chi connectivity index (χ0v) is 26.2. The number of aliphatic carboxylic acids is 1. The van der Waals surface area contributed by atoms with Crippen molar-refractivity contribution in [1.82, 2.24) is 26.6 Å². The third-order valence-electron chi connectivity index (χ3n) is 7.55. The van der Waals surface area contributed by atoms with E-state index in [1.54, 1.807) is 0 Å². The van der Waals surface area contributed by atoms with Crippen molar-refractivity contribution in [3.63, 3.8) is 0 Å². The van der Waals surface area contributed by atoms with Crippen molar-refractivity contribution >= 4 is 11.9 Å². The van der Waals surface area contributed by atoms with Crippen LogP contribution in [0.4, 0.5) is 0 Å². The summed E-state index contributed by atoms with van der Waals surface area (Å²) in [5.74, 6) is -1.49. The summed E-state index contributed by atoms with van der Waals surface area (Å²) in [5, 5.41) is 102. The van der Waals surface area contributed by atoms with Gasteiger partial charge in [0.15, 0.2) is 12.6 Å². The summed E-state index contributed by atoms with van der Waals surface area (Å²) in [6.07, 6.45) is -13.8. The Bertz CT molecular complexity index is 878. The van der Waals surface area contributed by atoms with Crippen LogP contribution in [0.25, 0.3) is 0 Å². The van der Waals surface area contributed by atoms with E-state index in [4.69, 9.17) is 24.1 Å². The molecule has 2 heterocycles. The highest BCUT2D eigenvalue weighted by atomic mass is 16.7. The molecule has 0 aliphatic carbocycles. The first-order valence-corrected chi connectivity index (χ1v) is 15.7. The Labute approximate surface area is 272 Å². The Kier molecular flexibility index (Phi) is 20.2. The number of carbonyl (C=O) groups is 2. The van der Waals surface area contributed by atoms with Crippen LogP contribution >= 0.6 is 0 Å². The van der Waals surface area contributed by atoms with Crippen molar-refractivity contribution in [3.05, 3.63) is 0 Å². The largest absolute Gasteiger partial charge is 0.481 e. The van der Waals surface area contributed by atoms with Crippen LogP contribution in [-0.2, 0) is 28.5 Å². The highest BCUT2D eigenvalue weighted by molar-refractivity contribution is 5.82. The average molecular weight is 688 g/mol. The number of amides is 1. The van der Waals surface area contributed by atoms with Crippen LogP contribution in [0.5, 0.6) is 0 Å². The molecule has 0 radical (unpaired) electrons. The summed E-state index contributed by atoms with van der Waals surface area (Å²) in [4.78, 5) is 23.7. The van der Waals surface area contributed by atoms with E-state index in [2.05, 4.69) is 26.6 Å². The maximum atomic E-state index is 12.6. The molecule has 0 aromatic heterocycles. The van der Waals surface area contributed by atoms with Gasteiger partial charge in [-0.25, -0.2) is 0 Å². The maximum Gasteiger partial charge on any atom is 0.303 e. The number of rotatable bonds is 24. The van der Waals surface area contributed by atoms with E-state index in [0.29, 0.717) is 45.8 Å². The van der Waals surface area contributed by atoms with Gasteiger partial charge in [0.05, 0.1) is 32.5 Å². The van der Waals surface area contributed by atoms with Crippen LogP contribution in [0.1, 0.15) is 12.8 Å². The minimum absolute atomic E-state index is 0.0108. The van der Waals surface area contributed by atoms with Crippen LogP contribution in [-0.4, -0.2) is 204 Å². The zero-order valence-electron chi connectivity index (χ0n) is 26.2. The molecule has 276 valence electrons. The lowest BCUT2D eigenvalue weighted by atomic mass is 9.99. The molecule has 0 aromatic rings. The standard InChI is InChI=1S/C27H53N5O15/c33-13-16-19(37)21(39)23(41)26(46-16)44-11-9-30-6-5-28-3-4-29-7-8-31-15(1-2-18(35)36)25(43)32-10-12-45-27-24(42)22(40)20(38)17(14-34)47-27/h15-17,19-24,26-31,33-34,37-42H,1-14H2,(H,32,43)(H,35,36)/t15?,16-,17-,19-,20-,21+,22+,23+,24+,26+,27+/m1/s1. The molecule has 1 unspecified atom stereocenters. The predicted octanol–water partition coefficient (Wildman–Crippen LogP) is -7.67. The Morgan fingerprint density at radius 3 is 1.53 bits per heavy atom. The van der Waals surface area contributed by atoms with Crippen molar-refractivity contribution in [2.24, 2.45) is 0 Å². The molecule has 0 saturated carbocycles. The van der Waals surface area contributed by atoms with Gasteiger partial charge in [0, 0.05) is 58.8 Å². The molecule has 20 heteroatoms. The molecule has 47 heavy (non-hydrogen) atoms. The van der Waals surface area contributed by atoms with E-state index in [9.17, 15) is 50.4 Å². The summed E-state index contributed by atoms with van der Waals surface area (Å²) in [7, 11) is 0. The van der Waals surface area contributed by atoms with E-state index >= 15 is 0 Å². The molecule has 14 N–H and O–H groups in total. The number of carboxylic acid groups (broad SMARTS) is 1. The van der Waals surface area contributed by atoms with Crippen molar-refractivity contribution in [2.75, 3.05) is 78.8 Å². The second-order valence-electron chi connectivity index (χ2n) is 11.1. The first kappa shape index (κ1) is 41.5. The average Bonchev–Trinajstić information content (AvgIpc) is 3.05. The third kappa shape index (κ3) is 14.4. The van der Waals surface area contributed by atoms with Gasteiger partial charge in [0.25, 0.3) is 0 Å². The molecule has 11 atom stereocenters.